The molecule has 0 spiro atoms. The average molecular weight is 1150 g/mol. The molecule has 0 rings (SSSR count). The predicted octanol–water partition coefficient (Wildman–Crippen LogP) is 25.3. The number of hydrogen-bond donors (Lipinski definition) is 0. The van der Waals surface area contributed by atoms with Gasteiger partial charge in [0.15, 0.2) is 6.10 Å². The maximum absolute atomic E-state index is 13.0. The molecule has 0 amide bonds. The van der Waals surface area contributed by atoms with Crippen LogP contribution in [0.5, 0.6) is 0 Å². The van der Waals surface area contributed by atoms with E-state index in [0.717, 1.165) is 70.6 Å². The number of carbonyl (C=O) groups is 3. The zero-order valence-corrected chi connectivity index (χ0v) is 55.3. The van der Waals surface area contributed by atoms with Gasteiger partial charge < -0.3 is 14.2 Å². The minimum Gasteiger partial charge on any atom is -0.462 e. The number of ether oxygens (including phenoxy) is 3. The molecule has 0 aromatic carbocycles. The van der Waals surface area contributed by atoms with E-state index in [2.05, 4.69) is 69.4 Å². The largest absolute Gasteiger partial charge is 0.462 e. The number of esters is 3. The molecule has 0 aromatic heterocycles. The molecule has 0 aliphatic rings. The van der Waals surface area contributed by atoms with Gasteiger partial charge >= 0.3 is 17.9 Å². The molecule has 6 heteroatoms. The van der Waals surface area contributed by atoms with Crippen LogP contribution in [-0.4, -0.2) is 37.2 Å². The maximum atomic E-state index is 13.0. The summed E-state index contributed by atoms with van der Waals surface area (Å²) in [6.45, 7) is 6.69. The first-order valence-corrected chi connectivity index (χ1v) is 36.6. The molecule has 1 atom stereocenters. The van der Waals surface area contributed by atoms with Crippen LogP contribution in [0.4, 0.5) is 0 Å². The molecule has 0 saturated heterocycles. The van der Waals surface area contributed by atoms with Crippen LogP contribution >= 0.6 is 0 Å². The number of allylic oxidation sites excluding steroid dienone is 8. The van der Waals surface area contributed by atoms with Crippen LogP contribution < -0.4 is 0 Å². The van der Waals surface area contributed by atoms with E-state index in [1.165, 1.54) is 289 Å². The fourth-order valence-corrected chi connectivity index (χ4v) is 11.0. The molecule has 6 nitrogen and oxygen atoms in total. The van der Waals surface area contributed by atoms with Crippen molar-refractivity contribution in [1.82, 2.24) is 0 Å². The highest BCUT2D eigenvalue weighted by Gasteiger charge is 2.19. The van der Waals surface area contributed by atoms with E-state index < -0.39 is 6.10 Å². The van der Waals surface area contributed by atoms with Crippen molar-refractivity contribution < 1.29 is 28.6 Å². The van der Waals surface area contributed by atoms with E-state index in [0.29, 0.717) is 19.3 Å². The van der Waals surface area contributed by atoms with Crippen molar-refractivity contribution in [3.63, 3.8) is 0 Å². The van der Waals surface area contributed by atoms with Crippen LogP contribution in [-0.2, 0) is 28.6 Å². The number of rotatable bonds is 68. The van der Waals surface area contributed by atoms with Crippen LogP contribution in [0, 0.1) is 0 Å². The first-order chi connectivity index (χ1) is 40.5. The van der Waals surface area contributed by atoms with Gasteiger partial charge in [0.05, 0.1) is 0 Å². The second-order valence-electron chi connectivity index (χ2n) is 24.9. The first kappa shape index (κ1) is 79.4. The third kappa shape index (κ3) is 68.2. The molecule has 0 aliphatic carbocycles. The Morgan fingerprint density at radius 3 is 0.671 bits per heavy atom. The average Bonchev–Trinajstić information content (AvgIpc) is 3.47. The van der Waals surface area contributed by atoms with E-state index in [4.69, 9.17) is 14.2 Å². The Morgan fingerprint density at radius 1 is 0.244 bits per heavy atom. The molecular formula is C76H140O6. The highest BCUT2D eigenvalue weighted by molar-refractivity contribution is 5.71. The SMILES string of the molecule is CCCCCCC/C=C\C/C=C\CCCCCCCCCCCCCCCC(=O)OCC(COC(=O)CCCCCCCCCCCCCCCC)OC(=O)CCCCCCCCCCCCCCC/C=C\C/C=C\CCCCCCC. The molecule has 480 valence electrons. The summed E-state index contributed by atoms with van der Waals surface area (Å²) in [7, 11) is 0. The van der Waals surface area contributed by atoms with Gasteiger partial charge in [0.1, 0.15) is 13.2 Å². The topological polar surface area (TPSA) is 78.9 Å². The van der Waals surface area contributed by atoms with Gasteiger partial charge in [-0.15, -0.1) is 0 Å². The molecule has 0 fully saturated rings. The molecule has 0 heterocycles. The second kappa shape index (κ2) is 70.9. The van der Waals surface area contributed by atoms with Gasteiger partial charge in [0, 0.05) is 19.3 Å². The summed E-state index contributed by atoms with van der Waals surface area (Å²) in [5, 5.41) is 0. The highest BCUT2D eigenvalue weighted by Crippen LogP contribution is 2.18. The molecule has 0 bridgehead atoms. The fourth-order valence-electron chi connectivity index (χ4n) is 11.0. The Hall–Kier alpha value is -2.63. The van der Waals surface area contributed by atoms with Crippen LogP contribution in [0.1, 0.15) is 400 Å². The molecule has 1 unspecified atom stereocenters. The lowest BCUT2D eigenvalue weighted by Gasteiger charge is -2.18. The normalized spacial score (nSPS) is 12.3. The Kier molecular flexibility index (Phi) is 68.6. The van der Waals surface area contributed by atoms with Gasteiger partial charge in [-0.05, 0) is 83.5 Å². The fraction of sp³-hybridized carbons (Fsp3) is 0.855. The van der Waals surface area contributed by atoms with Gasteiger partial charge in [-0.3, -0.25) is 14.4 Å². The zero-order valence-electron chi connectivity index (χ0n) is 55.3. The summed E-state index contributed by atoms with van der Waals surface area (Å²) in [6, 6.07) is 0. The minimum atomic E-state index is -0.773. The molecule has 82 heavy (non-hydrogen) atoms. The van der Waals surface area contributed by atoms with Gasteiger partial charge in [-0.25, -0.2) is 0 Å². The summed E-state index contributed by atoms with van der Waals surface area (Å²) < 4.78 is 17.0. The van der Waals surface area contributed by atoms with Crippen molar-refractivity contribution in [1.29, 1.82) is 0 Å². The molecule has 0 aliphatic heterocycles. The van der Waals surface area contributed by atoms with Gasteiger partial charge in [-0.1, -0.05) is 345 Å². The minimum absolute atomic E-state index is 0.0681. The lowest BCUT2D eigenvalue weighted by Crippen LogP contribution is -2.30. The van der Waals surface area contributed by atoms with Crippen molar-refractivity contribution in [2.45, 2.75) is 406 Å². The van der Waals surface area contributed by atoms with Crippen molar-refractivity contribution >= 4 is 17.9 Å². The molecular weight excluding hydrogens is 1010 g/mol. The number of carbonyl (C=O) groups excluding carboxylic acids is 3. The second-order valence-corrected chi connectivity index (χ2v) is 24.9. The predicted molar refractivity (Wildman–Crippen MR) is 358 cm³/mol. The van der Waals surface area contributed by atoms with E-state index in [9.17, 15) is 14.4 Å². The zero-order chi connectivity index (χ0) is 59.2. The maximum Gasteiger partial charge on any atom is 0.306 e. The Bertz CT molecular complexity index is 1410. The standard InChI is InChI=1S/C76H140O6/c1-4-7-10-13-16-19-22-25-28-30-32-34-36-38-40-42-44-46-48-51-54-57-60-63-66-69-75(78)81-72-73(71-80-74(77)68-65-62-59-56-53-50-27-24-21-18-15-12-9-6-3)82-76(79)70-67-64-61-58-55-52-49-47-45-43-41-39-37-35-33-31-29-26-23-20-17-14-11-8-5-2/h22-23,25-26,30-33,73H,4-21,24,27-29,34-72H2,1-3H3/b25-22-,26-23-,32-30-,33-31-. The molecule has 0 radical (unpaired) electrons. The molecule has 0 aromatic rings. The van der Waals surface area contributed by atoms with Crippen LogP contribution in [0.2, 0.25) is 0 Å². The van der Waals surface area contributed by atoms with Gasteiger partial charge in [0.25, 0.3) is 0 Å². The van der Waals surface area contributed by atoms with E-state index >= 15 is 0 Å². The number of unbranched alkanes of at least 4 members (excludes halogenated alkanes) is 49. The molecule has 0 N–H and O–H groups in total. The highest BCUT2D eigenvalue weighted by atomic mass is 16.6. The monoisotopic (exact) mass is 1150 g/mol. The van der Waals surface area contributed by atoms with E-state index in [1.807, 2.05) is 0 Å². The third-order valence-electron chi connectivity index (χ3n) is 16.6. The summed E-state index contributed by atoms with van der Waals surface area (Å²) >= 11 is 0. The van der Waals surface area contributed by atoms with Crippen molar-refractivity contribution in [3.8, 4) is 0 Å². The summed E-state index contributed by atoms with van der Waals surface area (Å²) in [4.78, 5) is 38.5. The Labute approximate surface area is 511 Å². The van der Waals surface area contributed by atoms with E-state index in [1.54, 1.807) is 0 Å². The van der Waals surface area contributed by atoms with Crippen molar-refractivity contribution in [3.05, 3.63) is 48.6 Å². The van der Waals surface area contributed by atoms with Crippen molar-refractivity contribution in [2.75, 3.05) is 13.2 Å². The van der Waals surface area contributed by atoms with Crippen LogP contribution in [0.3, 0.4) is 0 Å². The summed E-state index contributed by atoms with van der Waals surface area (Å²) in [5.41, 5.74) is 0. The lowest BCUT2D eigenvalue weighted by atomic mass is 10.0. The summed E-state index contributed by atoms with van der Waals surface area (Å²) in [5.74, 6) is -0.840. The molecule has 0 saturated carbocycles. The van der Waals surface area contributed by atoms with Crippen molar-refractivity contribution in [2.24, 2.45) is 0 Å². The first-order valence-electron chi connectivity index (χ1n) is 36.6. The number of hydrogen-bond acceptors (Lipinski definition) is 6. The van der Waals surface area contributed by atoms with E-state index in [-0.39, 0.29) is 31.1 Å². The van der Waals surface area contributed by atoms with Crippen LogP contribution in [0.15, 0.2) is 48.6 Å². The third-order valence-corrected chi connectivity index (χ3v) is 16.6. The van der Waals surface area contributed by atoms with Gasteiger partial charge in [-0.2, -0.15) is 0 Å². The smallest absolute Gasteiger partial charge is 0.306 e. The quantitative estimate of drug-likeness (QED) is 0.0261. The Morgan fingerprint density at radius 2 is 0.439 bits per heavy atom. The van der Waals surface area contributed by atoms with Gasteiger partial charge in [0.2, 0.25) is 0 Å². The lowest BCUT2D eigenvalue weighted by molar-refractivity contribution is -0.167. The Balaban J connectivity index is 4.25. The summed E-state index contributed by atoms with van der Waals surface area (Å²) in [6.07, 6.45) is 90.0. The van der Waals surface area contributed by atoms with Crippen LogP contribution in [0.25, 0.3) is 0 Å².